The van der Waals surface area contributed by atoms with Crippen LogP contribution < -0.4 is 4.74 Å². The van der Waals surface area contributed by atoms with Crippen LogP contribution in [0, 0.1) is 5.82 Å². The van der Waals surface area contributed by atoms with Crippen LogP contribution in [0.2, 0.25) is 0 Å². The summed E-state index contributed by atoms with van der Waals surface area (Å²) < 4.78 is 24.4. The molecule has 0 fully saturated rings. The highest BCUT2D eigenvalue weighted by atomic mass is 19.1. The van der Waals surface area contributed by atoms with E-state index < -0.39 is 6.10 Å². The van der Waals surface area contributed by atoms with Gasteiger partial charge in [0.2, 0.25) is 0 Å². The standard InChI is InChI=1S/C22H30FNO3/c1-22(2,3)27-16-20(25)15-24(13-17-9-11-19(23)12-10-17)14-18-7-5-6-8-21(18)26-4/h5-12,20,25H,13-16H2,1-4H3/t20-/m1/s1. The highest BCUT2D eigenvalue weighted by Gasteiger charge is 2.18. The molecule has 0 amide bonds. The normalized spacial score (nSPS) is 13.0. The van der Waals surface area contributed by atoms with Crippen molar-refractivity contribution in [2.24, 2.45) is 0 Å². The maximum Gasteiger partial charge on any atom is 0.123 e. The Kier molecular flexibility index (Phi) is 7.78. The van der Waals surface area contributed by atoms with Crippen molar-refractivity contribution in [3.8, 4) is 5.75 Å². The Bertz CT molecular complexity index is 697. The van der Waals surface area contributed by atoms with Gasteiger partial charge in [-0.3, -0.25) is 4.90 Å². The van der Waals surface area contributed by atoms with Gasteiger partial charge in [0.15, 0.2) is 0 Å². The second-order valence-corrected chi connectivity index (χ2v) is 7.69. The Morgan fingerprint density at radius 2 is 1.70 bits per heavy atom. The number of hydrogen-bond acceptors (Lipinski definition) is 4. The molecule has 0 unspecified atom stereocenters. The molecule has 0 radical (unpaired) electrons. The van der Waals surface area contributed by atoms with E-state index in [1.165, 1.54) is 12.1 Å². The van der Waals surface area contributed by atoms with E-state index in [-0.39, 0.29) is 18.0 Å². The lowest BCUT2D eigenvalue weighted by Crippen LogP contribution is -2.36. The van der Waals surface area contributed by atoms with Gasteiger partial charge in [0.05, 0.1) is 25.4 Å². The van der Waals surface area contributed by atoms with E-state index in [1.54, 1.807) is 19.2 Å². The Labute approximate surface area is 161 Å². The minimum atomic E-state index is -0.626. The van der Waals surface area contributed by atoms with Gasteiger partial charge in [-0.05, 0) is 44.5 Å². The van der Waals surface area contributed by atoms with Crippen molar-refractivity contribution in [3.05, 3.63) is 65.5 Å². The predicted molar refractivity (Wildman–Crippen MR) is 105 cm³/mol. The van der Waals surface area contributed by atoms with Crippen LogP contribution in [0.5, 0.6) is 5.75 Å². The number of methoxy groups -OCH3 is 1. The molecule has 4 nitrogen and oxygen atoms in total. The average molecular weight is 375 g/mol. The number of benzene rings is 2. The van der Waals surface area contributed by atoms with Crippen LogP contribution in [0.1, 0.15) is 31.9 Å². The topological polar surface area (TPSA) is 41.9 Å². The smallest absolute Gasteiger partial charge is 0.123 e. The molecule has 0 saturated heterocycles. The van der Waals surface area contributed by atoms with Crippen LogP contribution in [0.15, 0.2) is 48.5 Å². The number of halogens is 1. The summed E-state index contributed by atoms with van der Waals surface area (Å²) in [5.41, 5.74) is 1.71. The van der Waals surface area contributed by atoms with Crippen molar-refractivity contribution >= 4 is 0 Å². The number of rotatable bonds is 9. The Balaban J connectivity index is 2.10. The molecule has 0 saturated carbocycles. The van der Waals surface area contributed by atoms with Crippen molar-refractivity contribution in [1.29, 1.82) is 0 Å². The number of hydrogen-bond donors (Lipinski definition) is 1. The molecule has 0 aliphatic carbocycles. The Hall–Kier alpha value is -1.95. The van der Waals surface area contributed by atoms with E-state index >= 15 is 0 Å². The number of para-hydroxylation sites is 1. The molecule has 1 atom stereocenters. The molecule has 0 bridgehead atoms. The molecule has 5 heteroatoms. The lowest BCUT2D eigenvalue weighted by Gasteiger charge is -2.28. The number of ether oxygens (including phenoxy) is 2. The predicted octanol–water partition coefficient (Wildman–Crippen LogP) is 4.01. The molecule has 2 rings (SSSR count). The summed E-state index contributed by atoms with van der Waals surface area (Å²) in [6.07, 6.45) is -0.626. The third-order valence-corrected chi connectivity index (χ3v) is 4.08. The van der Waals surface area contributed by atoms with Gasteiger partial charge >= 0.3 is 0 Å². The minimum absolute atomic E-state index is 0.256. The lowest BCUT2D eigenvalue weighted by molar-refractivity contribution is -0.0573. The average Bonchev–Trinajstić information content (AvgIpc) is 2.62. The second kappa shape index (κ2) is 9.83. The van der Waals surface area contributed by atoms with Crippen molar-refractivity contribution < 1.29 is 19.0 Å². The van der Waals surface area contributed by atoms with E-state index in [1.807, 2.05) is 45.0 Å². The summed E-state index contributed by atoms with van der Waals surface area (Å²) in [5, 5.41) is 10.5. The number of nitrogens with zero attached hydrogens (tertiary/aromatic N) is 1. The zero-order chi connectivity index (χ0) is 19.9. The van der Waals surface area contributed by atoms with Crippen molar-refractivity contribution in [2.75, 3.05) is 20.3 Å². The fourth-order valence-electron chi connectivity index (χ4n) is 2.80. The van der Waals surface area contributed by atoms with Gasteiger partial charge in [-0.25, -0.2) is 4.39 Å². The van der Waals surface area contributed by atoms with Crippen LogP contribution in [0.25, 0.3) is 0 Å². The number of aliphatic hydroxyl groups is 1. The zero-order valence-electron chi connectivity index (χ0n) is 16.6. The van der Waals surface area contributed by atoms with Gasteiger partial charge in [0, 0.05) is 25.2 Å². The van der Waals surface area contributed by atoms with Gasteiger partial charge in [-0.2, -0.15) is 0 Å². The van der Waals surface area contributed by atoms with E-state index in [9.17, 15) is 9.50 Å². The molecule has 2 aromatic carbocycles. The quantitative estimate of drug-likeness (QED) is 0.719. The van der Waals surface area contributed by atoms with Gasteiger partial charge in [-0.1, -0.05) is 30.3 Å². The molecule has 1 N–H and O–H groups in total. The van der Waals surface area contributed by atoms with Gasteiger partial charge in [0.25, 0.3) is 0 Å². The molecule has 0 aliphatic rings. The van der Waals surface area contributed by atoms with Crippen LogP contribution in [-0.2, 0) is 17.8 Å². The summed E-state index contributed by atoms with van der Waals surface area (Å²) >= 11 is 0. The SMILES string of the molecule is COc1ccccc1CN(Cc1ccc(F)cc1)C[C@@H](O)COC(C)(C)C. The summed E-state index contributed by atoms with van der Waals surface area (Å²) in [5.74, 6) is 0.552. The summed E-state index contributed by atoms with van der Waals surface area (Å²) in [6.45, 7) is 7.78. The van der Waals surface area contributed by atoms with E-state index in [4.69, 9.17) is 9.47 Å². The first-order valence-electron chi connectivity index (χ1n) is 9.17. The second-order valence-electron chi connectivity index (χ2n) is 7.69. The number of aliphatic hydroxyl groups excluding tert-OH is 1. The summed E-state index contributed by atoms with van der Waals surface area (Å²) in [7, 11) is 1.65. The lowest BCUT2D eigenvalue weighted by atomic mass is 10.1. The van der Waals surface area contributed by atoms with Crippen LogP contribution in [0.4, 0.5) is 4.39 Å². The molecule has 0 aliphatic heterocycles. The largest absolute Gasteiger partial charge is 0.496 e. The maximum absolute atomic E-state index is 13.2. The highest BCUT2D eigenvalue weighted by Crippen LogP contribution is 2.21. The third-order valence-electron chi connectivity index (χ3n) is 4.08. The van der Waals surface area contributed by atoms with Crippen LogP contribution in [0.3, 0.4) is 0 Å². The monoisotopic (exact) mass is 375 g/mol. The fraction of sp³-hybridized carbons (Fsp3) is 0.455. The van der Waals surface area contributed by atoms with Crippen molar-refractivity contribution in [3.63, 3.8) is 0 Å². The van der Waals surface area contributed by atoms with Crippen LogP contribution >= 0.6 is 0 Å². The first kappa shape index (κ1) is 21.4. The summed E-state index contributed by atoms with van der Waals surface area (Å²) in [4.78, 5) is 2.11. The molecule has 0 spiro atoms. The van der Waals surface area contributed by atoms with Gasteiger partial charge in [0.1, 0.15) is 11.6 Å². The van der Waals surface area contributed by atoms with E-state index in [0.717, 1.165) is 16.9 Å². The molecule has 148 valence electrons. The fourth-order valence-corrected chi connectivity index (χ4v) is 2.80. The molecule has 2 aromatic rings. The minimum Gasteiger partial charge on any atom is -0.496 e. The molecule has 0 heterocycles. The van der Waals surface area contributed by atoms with E-state index in [2.05, 4.69) is 4.90 Å². The van der Waals surface area contributed by atoms with E-state index in [0.29, 0.717) is 19.6 Å². The molecule has 0 aromatic heterocycles. The molecular formula is C22H30FNO3. The third kappa shape index (κ3) is 7.67. The first-order valence-corrected chi connectivity index (χ1v) is 9.17. The van der Waals surface area contributed by atoms with Crippen molar-refractivity contribution in [2.45, 2.75) is 45.6 Å². The Morgan fingerprint density at radius 1 is 1.04 bits per heavy atom. The first-order chi connectivity index (χ1) is 12.8. The summed E-state index contributed by atoms with van der Waals surface area (Å²) in [6, 6.07) is 14.3. The maximum atomic E-state index is 13.2. The Morgan fingerprint density at radius 3 is 2.33 bits per heavy atom. The van der Waals surface area contributed by atoms with Gasteiger partial charge in [-0.15, -0.1) is 0 Å². The molecule has 27 heavy (non-hydrogen) atoms. The zero-order valence-corrected chi connectivity index (χ0v) is 16.6. The molecular weight excluding hydrogens is 345 g/mol. The van der Waals surface area contributed by atoms with Crippen molar-refractivity contribution in [1.82, 2.24) is 4.90 Å². The highest BCUT2D eigenvalue weighted by molar-refractivity contribution is 5.33. The van der Waals surface area contributed by atoms with Gasteiger partial charge < -0.3 is 14.6 Å². The van der Waals surface area contributed by atoms with Crippen LogP contribution in [-0.4, -0.2) is 42.0 Å².